The van der Waals surface area contributed by atoms with Gasteiger partial charge >= 0.3 is 0 Å². The molecule has 1 aliphatic carbocycles. The van der Waals surface area contributed by atoms with Crippen molar-refractivity contribution < 1.29 is 4.74 Å². The summed E-state index contributed by atoms with van der Waals surface area (Å²) in [6, 6.07) is 8.19. The minimum absolute atomic E-state index is 0.838. The zero-order valence-electron chi connectivity index (χ0n) is 7.42. The summed E-state index contributed by atoms with van der Waals surface area (Å²) in [4.78, 5) is 0. The Kier molecular flexibility index (Phi) is 2.03. The molecule has 1 saturated carbocycles. The number of aryl methyl sites for hydroxylation is 1. The Morgan fingerprint density at radius 1 is 1.33 bits per heavy atom. The lowest BCUT2D eigenvalue weighted by atomic mass is 10.2. The Morgan fingerprint density at radius 2 is 2.08 bits per heavy atom. The molecular formula is C11H14O. The molecular weight excluding hydrogens is 148 g/mol. The largest absolute Gasteiger partial charge is 0.493 e. The van der Waals surface area contributed by atoms with E-state index in [0.717, 1.165) is 18.3 Å². The summed E-state index contributed by atoms with van der Waals surface area (Å²) in [5, 5.41) is 0. The van der Waals surface area contributed by atoms with Gasteiger partial charge in [-0.15, -0.1) is 0 Å². The second kappa shape index (κ2) is 3.18. The molecule has 0 atom stereocenters. The maximum absolute atomic E-state index is 5.66. The molecule has 1 aliphatic rings. The van der Waals surface area contributed by atoms with Crippen LogP contribution in [0.25, 0.3) is 0 Å². The van der Waals surface area contributed by atoms with Crippen LogP contribution < -0.4 is 4.74 Å². The lowest BCUT2D eigenvalue weighted by molar-refractivity contribution is 0.298. The van der Waals surface area contributed by atoms with Gasteiger partial charge in [-0.3, -0.25) is 0 Å². The standard InChI is InChI=1S/C11H14O/c1-9-4-2-3-5-11(9)12-8-10-6-7-10/h2-5,10H,6-8H2,1H3. The molecule has 1 aromatic carbocycles. The molecule has 0 amide bonds. The van der Waals surface area contributed by atoms with Crippen LogP contribution in [0.15, 0.2) is 24.3 Å². The molecule has 64 valence electrons. The van der Waals surface area contributed by atoms with Crippen LogP contribution in [0, 0.1) is 12.8 Å². The number of para-hydroxylation sites is 1. The van der Waals surface area contributed by atoms with E-state index in [4.69, 9.17) is 4.74 Å². The highest BCUT2D eigenvalue weighted by Crippen LogP contribution is 2.30. The average Bonchev–Trinajstić information content (AvgIpc) is 2.86. The van der Waals surface area contributed by atoms with Crippen LogP contribution in [-0.4, -0.2) is 6.61 Å². The van der Waals surface area contributed by atoms with Gasteiger partial charge in [-0.05, 0) is 37.3 Å². The first kappa shape index (κ1) is 7.66. The van der Waals surface area contributed by atoms with Gasteiger partial charge in [0.05, 0.1) is 6.61 Å². The second-order valence-electron chi connectivity index (χ2n) is 3.52. The normalized spacial score (nSPS) is 16.1. The predicted octanol–water partition coefficient (Wildman–Crippen LogP) is 2.78. The lowest BCUT2D eigenvalue weighted by Gasteiger charge is -2.06. The van der Waals surface area contributed by atoms with Gasteiger partial charge < -0.3 is 4.74 Å². The summed E-state index contributed by atoms with van der Waals surface area (Å²) in [5.41, 5.74) is 1.23. The van der Waals surface area contributed by atoms with Gasteiger partial charge in [-0.2, -0.15) is 0 Å². The first-order valence-electron chi connectivity index (χ1n) is 4.54. The molecule has 1 fully saturated rings. The van der Waals surface area contributed by atoms with E-state index in [0.29, 0.717) is 0 Å². The maximum Gasteiger partial charge on any atom is 0.122 e. The van der Waals surface area contributed by atoms with Crippen molar-refractivity contribution in [1.82, 2.24) is 0 Å². The molecule has 0 bridgehead atoms. The summed E-state index contributed by atoms with van der Waals surface area (Å²) in [7, 11) is 0. The second-order valence-corrected chi connectivity index (χ2v) is 3.52. The van der Waals surface area contributed by atoms with E-state index >= 15 is 0 Å². The van der Waals surface area contributed by atoms with Crippen LogP contribution in [0.5, 0.6) is 5.75 Å². The highest BCUT2D eigenvalue weighted by Gasteiger charge is 2.21. The first-order valence-corrected chi connectivity index (χ1v) is 4.54. The van der Waals surface area contributed by atoms with E-state index < -0.39 is 0 Å². The first-order chi connectivity index (χ1) is 5.86. The van der Waals surface area contributed by atoms with Crippen LogP contribution in [-0.2, 0) is 0 Å². The third-order valence-electron chi connectivity index (χ3n) is 2.27. The third-order valence-corrected chi connectivity index (χ3v) is 2.27. The Morgan fingerprint density at radius 3 is 2.75 bits per heavy atom. The third kappa shape index (κ3) is 1.79. The molecule has 0 aliphatic heterocycles. The van der Waals surface area contributed by atoms with E-state index in [1.807, 2.05) is 18.2 Å². The highest BCUT2D eigenvalue weighted by molar-refractivity contribution is 5.31. The van der Waals surface area contributed by atoms with Gasteiger partial charge in [-0.1, -0.05) is 18.2 Å². The molecule has 0 N–H and O–H groups in total. The molecule has 12 heavy (non-hydrogen) atoms. The van der Waals surface area contributed by atoms with Crippen molar-refractivity contribution in [2.45, 2.75) is 19.8 Å². The van der Waals surface area contributed by atoms with Gasteiger partial charge in [0.15, 0.2) is 0 Å². The van der Waals surface area contributed by atoms with Crippen LogP contribution >= 0.6 is 0 Å². The number of benzene rings is 1. The molecule has 2 rings (SSSR count). The fraction of sp³-hybridized carbons (Fsp3) is 0.455. The Hall–Kier alpha value is -0.980. The van der Waals surface area contributed by atoms with Crippen LogP contribution in [0.2, 0.25) is 0 Å². The molecule has 0 spiro atoms. The van der Waals surface area contributed by atoms with E-state index in [9.17, 15) is 0 Å². The van der Waals surface area contributed by atoms with Crippen molar-refractivity contribution in [2.75, 3.05) is 6.61 Å². The number of ether oxygens (including phenoxy) is 1. The van der Waals surface area contributed by atoms with Gasteiger partial charge in [0.1, 0.15) is 5.75 Å². The van der Waals surface area contributed by atoms with Gasteiger partial charge in [-0.25, -0.2) is 0 Å². The molecule has 0 aromatic heterocycles. The minimum Gasteiger partial charge on any atom is -0.493 e. The van der Waals surface area contributed by atoms with Crippen LogP contribution in [0.4, 0.5) is 0 Å². The monoisotopic (exact) mass is 162 g/mol. The van der Waals surface area contributed by atoms with Crippen LogP contribution in [0.3, 0.4) is 0 Å². The van der Waals surface area contributed by atoms with Gasteiger partial charge in [0.25, 0.3) is 0 Å². The van der Waals surface area contributed by atoms with E-state index in [1.54, 1.807) is 0 Å². The maximum atomic E-state index is 5.66. The van der Waals surface area contributed by atoms with E-state index in [2.05, 4.69) is 13.0 Å². The molecule has 1 nitrogen and oxygen atoms in total. The zero-order valence-corrected chi connectivity index (χ0v) is 7.42. The molecule has 1 heteroatoms. The summed E-state index contributed by atoms with van der Waals surface area (Å²) in [6.45, 7) is 2.99. The van der Waals surface area contributed by atoms with Crippen molar-refractivity contribution in [2.24, 2.45) is 5.92 Å². The van der Waals surface area contributed by atoms with E-state index in [1.165, 1.54) is 18.4 Å². The zero-order chi connectivity index (χ0) is 8.39. The lowest BCUT2D eigenvalue weighted by Crippen LogP contribution is -1.99. The number of hydrogen-bond acceptors (Lipinski definition) is 1. The molecule has 0 unspecified atom stereocenters. The van der Waals surface area contributed by atoms with E-state index in [-0.39, 0.29) is 0 Å². The smallest absolute Gasteiger partial charge is 0.122 e. The average molecular weight is 162 g/mol. The summed E-state index contributed by atoms with van der Waals surface area (Å²) in [5.74, 6) is 1.88. The van der Waals surface area contributed by atoms with Crippen molar-refractivity contribution in [1.29, 1.82) is 0 Å². The van der Waals surface area contributed by atoms with Crippen molar-refractivity contribution >= 4 is 0 Å². The van der Waals surface area contributed by atoms with Crippen LogP contribution in [0.1, 0.15) is 18.4 Å². The Balaban J connectivity index is 1.96. The summed E-state index contributed by atoms with van der Waals surface area (Å²) < 4.78 is 5.66. The molecule has 1 aromatic rings. The molecule has 0 radical (unpaired) electrons. The predicted molar refractivity (Wildman–Crippen MR) is 49.4 cm³/mol. The summed E-state index contributed by atoms with van der Waals surface area (Å²) >= 11 is 0. The molecule has 0 heterocycles. The van der Waals surface area contributed by atoms with Crippen molar-refractivity contribution in [3.05, 3.63) is 29.8 Å². The Labute approximate surface area is 73.4 Å². The number of rotatable bonds is 3. The fourth-order valence-electron chi connectivity index (χ4n) is 1.21. The number of hydrogen-bond donors (Lipinski definition) is 0. The van der Waals surface area contributed by atoms with Crippen molar-refractivity contribution in [3.8, 4) is 5.75 Å². The fourth-order valence-corrected chi connectivity index (χ4v) is 1.21. The Bertz CT molecular complexity index is 263. The van der Waals surface area contributed by atoms with Gasteiger partial charge in [0.2, 0.25) is 0 Å². The minimum atomic E-state index is 0.838. The topological polar surface area (TPSA) is 9.23 Å². The quantitative estimate of drug-likeness (QED) is 0.664. The summed E-state index contributed by atoms with van der Waals surface area (Å²) in [6.07, 6.45) is 2.71. The van der Waals surface area contributed by atoms with Gasteiger partial charge in [0, 0.05) is 0 Å². The highest BCUT2D eigenvalue weighted by atomic mass is 16.5. The van der Waals surface area contributed by atoms with Crippen molar-refractivity contribution in [3.63, 3.8) is 0 Å². The SMILES string of the molecule is Cc1ccccc1OCC1CC1. The molecule has 0 saturated heterocycles.